The van der Waals surface area contributed by atoms with Crippen molar-refractivity contribution in [1.29, 1.82) is 0 Å². The van der Waals surface area contributed by atoms with Crippen molar-refractivity contribution in [3.05, 3.63) is 34.4 Å². The first kappa shape index (κ1) is 20.9. The van der Waals surface area contributed by atoms with Crippen LogP contribution in [0.1, 0.15) is 77.2 Å². The molecule has 1 aromatic heterocycles. The molecule has 1 aliphatic heterocycles. The number of carbonyl (C=O) groups excluding carboxylic acids is 1. The molecular formula is C26H34O6. The molecule has 10 atom stereocenters. The number of hydrogen-bond acceptors (Lipinski definition) is 6. The summed E-state index contributed by atoms with van der Waals surface area (Å²) in [5.41, 5.74) is 0.319. The molecule has 6 nitrogen and oxygen atoms in total. The summed E-state index contributed by atoms with van der Waals surface area (Å²) in [5.74, 6) is 1.24. The Morgan fingerprint density at radius 1 is 1.12 bits per heavy atom. The smallest absolute Gasteiger partial charge is 0.335 e. The van der Waals surface area contributed by atoms with E-state index in [1.165, 1.54) is 13.0 Å². The number of ether oxygens (including phenoxy) is 2. The number of aliphatic hydroxyl groups excluding tert-OH is 1. The van der Waals surface area contributed by atoms with Crippen molar-refractivity contribution in [2.45, 2.75) is 95.5 Å². The lowest BCUT2D eigenvalue weighted by Gasteiger charge is -2.61. The molecule has 1 spiro atoms. The minimum Gasteiger partial charge on any atom is -0.459 e. The SMILES string of the molecule is CC(=O)OC1C(c2ccc(=O)oc2)C2(C)CCC3C(CCC4CC(O)CCC43C)C23OC13. The van der Waals surface area contributed by atoms with Crippen LogP contribution in [0.4, 0.5) is 0 Å². The Labute approximate surface area is 188 Å². The Hall–Kier alpha value is -1.66. The summed E-state index contributed by atoms with van der Waals surface area (Å²) in [4.78, 5) is 23.7. The van der Waals surface area contributed by atoms with Gasteiger partial charge in [0.15, 0.2) is 0 Å². The molecule has 32 heavy (non-hydrogen) atoms. The summed E-state index contributed by atoms with van der Waals surface area (Å²) in [6.45, 7) is 6.23. The van der Waals surface area contributed by atoms with Gasteiger partial charge in [-0.3, -0.25) is 4.79 Å². The second-order valence-corrected chi connectivity index (χ2v) is 11.6. The number of rotatable bonds is 2. The van der Waals surface area contributed by atoms with Gasteiger partial charge in [0.25, 0.3) is 0 Å². The number of hydrogen-bond donors (Lipinski definition) is 1. The van der Waals surface area contributed by atoms with E-state index in [4.69, 9.17) is 13.9 Å². The van der Waals surface area contributed by atoms with Gasteiger partial charge in [-0.15, -0.1) is 0 Å². The molecule has 2 heterocycles. The summed E-state index contributed by atoms with van der Waals surface area (Å²) < 4.78 is 17.8. The highest BCUT2D eigenvalue weighted by molar-refractivity contribution is 5.66. The Kier molecular flexibility index (Phi) is 4.37. The number of esters is 1. The van der Waals surface area contributed by atoms with Gasteiger partial charge in [0.1, 0.15) is 17.8 Å². The highest BCUT2D eigenvalue weighted by atomic mass is 16.7. The fourth-order valence-corrected chi connectivity index (χ4v) is 9.10. The first-order chi connectivity index (χ1) is 15.2. The van der Waals surface area contributed by atoms with Crippen LogP contribution in [0.15, 0.2) is 27.6 Å². The van der Waals surface area contributed by atoms with Gasteiger partial charge in [0.05, 0.1) is 12.4 Å². The number of fused-ring (bicyclic) bond motifs is 3. The zero-order chi connectivity index (χ0) is 22.5. The second kappa shape index (κ2) is 6.69. The zero-order valence-corrected chi connectivity index (χ0v) is 19.2. The molecule has 6 heteroatoms. The summed E-state index contributed by atoms with van der Waals surface area (Å²) in [5, 5.41) is 10.3. The van der Waals surface area contributed by atoms with E-state index >= 15 is 0 Å². The molecule has 0 bridgehead atoms. The van der Waals surface area contributed by atoms with Crippen molar-refractivity contribution in [3.63, 3.8) is 0 Å². The van der Waals surface area contributed by atoms with Gasteiger partial charge >= 0.3 is 11.6 Å². The fourth-order valence-electron chi connectivity index (χ4n) is 9.10. The van der Waals surface area contributed by atoms with Gasteiger partial charge in [-0.05, 0) is 79.7 Å². The van der Waals surface area contributed by atoms with Crippen LogP contribution in [0.2, 0.25) is 0 Å². The van der Waals surface area contributed by atoms with Gasteiger partial charge < -0.3 is 19.0 Å². The third-order valence-electron chi connectivity index (χ3n) is 10.5. The van der Waals surface area contributed by atoms with E-state index in [2.05, 4.69) is 13.8 Å². The van der Waals surface area contributed by atoms with E-state index in [9.17, 15) is 14.7 Å². The minimum absolute atomic E-state index is 0.0471. The van der Waals surface area contributed by atoms with Gasteiger partial charge in [0, 0.05) is 24.3 Å². The minimum atomic E-state index is -0.369. The lowest BCUT2D eigenvalue weighted by Crippen LogP contribution is -2.58. The third-order valence-corrected chi connectivity index (χ3v) is 10.5. The number of aliphatic hydroxyl groups is 1. The van der Waals surface area contributed by atoms with E-state index < -0.39 is 0 Å². The van der Waals surface area contributed by atoms with Crippen LogP contribution < -0.4 is 5.63 Å². The Bertz CT molecular complexity index is 982. The van der Waals surface area contributed by atoms with E-state index in [1.807, 2.05) is 6.07 Å². The zero-order valence-electron chi connectivity index (χ0n) is 19.2. The molecule has 5 aliphatic rings. The molecule has 5 fully saturated rings. The van der Waals surface area contributed by atoms with Gasteiger partial charge in [0.2, 0.25) is 0 Å². The molecule has 0 radical (unpaired) electrons. The van der Waals surface area contributed by atoms with E-state index in [0.717, 1.165) is 50.5 Å². The normalized spacial score (nSPS) is 51.1. The lowest BCUT2D eigenvalue weighted by atomic mass is 9.44. The first-order valence-corrected chi connectivity index (χ1v) is 12.3. The topological polar surface area (TPSA) is 89.3 Å². The summed E-state index contributed by atoms with van der Waals surface area (Å²) in [6.07, 6.45) is 8.20. The standard InChI is InChI=1S/C26H34O6/c1-14(27)31-22-21(15-4-7-20(29)30-13-15)25(3)11-9-18-19(26(25)23(22)32-26)6-5-16-12-17(28)8-10-24(16,18)2/h4,7,13,16-19,21-23,28H,5-6,8-12H2,1-3H3. The summed E-state index contributed by atoms with van der Waals surface area (Å²) in [7, 11) is 0. The Morgan fingerprint density at radius 2 is 1.94 bits per heavy atom. The number of carbonyl (C=O) groups is 1. The molecule has 6 rings (SSSR count). The molecule has 0 amide bonds. The van der Waals surface area contributed by atoms with Crippen LogP contribution in [0.3, 0.4) is 0 Å². The molecule has 0 aromatic carbocycles. The van der Waals surface area contributed by atoms with Crippen LogP contribution in [-0.4, -0.2) is 35.0 Å². The van der Waals surface area contributed by atoms with Crippen LogP contribution in [0.25, 0.3) is 0 Å². The fraction of sp³-hybridized carbons (Fsp3) is 0.769. The van der Waals surface area contributed by atoms with Crippen LogP contribution in [0.5, 0.6) is 0 Å². The molecule has 174 valence electrons. The van der Waals surface area contributed by atoms with E-state index in [1.54, 1.807) is 6.26 Å². The molecule has 10 unspecified atom stereocenters. The molecule has 1 aromatic rings. The predicted octanol–water partition coefficient (Wildman–Crippen LogP) is 3.80. The van der Waals surface area contributed by atoms with Gasteiger partial charge in [-0.1, -0.05) is 13.8 Å². The third kappa shape index (κ3) is 2.54. The average molecular weight is 443 g/mol. The first-order valence-electron chi connectivity index (χ1n) is 12.3. The maximum absolute atomic E-state index is 12.1. The van der Waals surface area contributed by atoms with Crippen molar-refractivity contribution in [3.8, 4) is 0 Å². The molecule has 4 aliphatic carbocycles. The van der Waals surface area contributed by atoms with E-state index in [-0.39, 0.29) is 52.3 Å². The highest BCUT2D eigenvalue weighted by Gasteiger charge is 2.84. The van der Waals surface area contributed by atoms with Gasteiger partial charge in [-0.25, -0.2) is 4.79 Å². The molecule has 1 N–H and O–H groups in total. The molecular weight excluding hydrogens is 408 g/mol. The van der Waals surface area contributed by atoms with Crippen molar-refractivity contribution >= 4 is 5.97 Å². The highest BCUT2D eigenvalue weighted by Crippen LogP contribution is 2.78. The summed E-state index contributed by atoms with van der Waals surface area (Å²) in [6, 6.07) is 3.30. The predicted molar refractivity (Wildman–Crippen MR) is 116 cm³/mol. The Balaban J connectivity index is 1.41. The van der Waals surface area contributed by atoms with Crippen molar-refractivity contribution < 1.29 is 23.8 Å². The Morgan fingerprint density at radius 3 is 2.66 bits per heavy atom. The monoisotopic (exact) mass is 442 g/mol. The largest absolute Gasteiger partial charge is 0.459 e. The quantitative estimate of drug-likeness (QED) is 0.554. The second-order valence-electron chi connectivity index (χ2n) is 11.6. The van der Waals surface area contributed by atoms with Crippen molar-refractivity contribution in [2.24, 2.45) is 28.6 Å². The van der Waals surface area contributed by atoms with E-state index in [0.29, 0.717) is 17.8 Å². The average Bonchev–Trinajstić information content (AvgIpc) is 3.44. The summed E-state index contributed by atoms with van der Waals surface area (Å²) >= 11 is 0. The number of epoxide rings is 1. The van der Waals surface area contributed by atoms with Crippen LogP contribution >= 0.6 is 0 Å². The molecule has 1 saturated heterocycles. The van der Waals surface area contributed by atoms with Crippen LogP contribution in [-0.2, 0) is 14.3 Å². The van der Waals surface area contributed by atoms with Gasteiger partial charge in [-0.2, -0.15) is 0 Å². The van der Waals surface area contributed by atoms with Crippen LogP contribution in [0, 0.1) is 28.6 Å². The molecule has 4 saturated carbocycles. The lowest BCUT2D eigenvalue weighted by molar-refractivity contribution is -0.158. The van der Waals surface area contributed by atoms with Crippen molar-refractivity contribution in [1.82, 2.24) is 0 Å². The van der Waals surface area contributed by atoms with Crippen molar-refractivity contribution in [2.75, 3.05) is 0 Å². The maximum atomic E-state index is 12.1. The maximum Gasteiger partial charge on any atom is 0.335 e.